The molecule has 2 aromatic carbocycles. The Labute approximate surface area is 137 Å². The standard InChI is InChI=1S/C18H21NO3S/c1-18(2,3)14-11-9-13(10-12-14)17(20)15-7-5-6-8-16(15)19-23(4,21)22/h5-12,19H,1-4H3. The minimum Gasteiger partial charge on any atom is -0.289 e. The van der Waals surface area contributed by atoms with Crippen molar-refractivity contribution < 1.29 is 13.2 Å². The normalized spacial score (nSPS) is 12.0. The topological polar surface area (TPSA) is 63.2 Å². The zero-order valence-corrected chi connectivity index (χ0v) is 14.6. The first-order valence-electron chi connectivity index (χ1n) is 7.30. The quantitative estimate of drug-likeness (QED) is 0.871. The number of carbonyl (C=O) groups excluding carboxylic acids is 1. The number of rotatable bonds is 4. The van der Waals surface area contributed by atoms with E-state index in [0.717, 1.165) is 11.8 Å². The molecule has 0 fully saturated rings. The van der Waals surface area contributed by atoms with Crippen molar-refractivity contribution in [1.29, 1.82) is 0 Å². The monoisotopic (exact) mass is 331 g/mol. The summed E-state index contributed by atoms with van der Waals surface area (Å²) < 4.78 is 25.3. The first kappa shape index (κ1) is 17.2. The van der Waals surface area contributed by atoms with Crippen molar-refractivity contribution in [3.8, 4) is 0 Å². The van der Waals surface area contributed by atoms with E-state index >= 15 is 0 Å². The number of carbonyl (C=O) groups is 1. The summed E-state index contributed by atoms with van der Waals surface area (Å²) >= 11 is 0. The van der Waals surface area contributed by atoms with Crippen molar-refractivity contribution in [3.63, 3.8) is 0 Å². The first-order chi connectivity index (χ1) is 10.6. The highest BCUT2D eigenvalue weighted by Gasteiger charge is 2.17. The second kappa shape index (κ2) is 6.16. The Balaban J connectivity index is 2.38. The Kier molecular flexibility index (Phi) is 4.61. The molecule has 0 saturated carbocycles. The van der Waals surface area contributed by atoms with Gasteiger partial charge in [0.1, 0.15) is 0 Å². The average Bonchev–Trinajstić information content (AvgIpc) is 2.45. The van der Waals surface area contributed by atoms with Gasteiger partial charge in [-0.2, -0.15) is 0 Å². The minimum absolute atomic E-state index is 0.0112. The van der Waals surface area contributed by atoms with Crippen LogP contribution in [-0.2, 0) is 15.4 Å². The number of benzene rings is 2. The number of hydrogen-bond donors (Lipinski definition) is 1. The number of hydrogen-bond acceptors (Lipinski definition) is 3. The summed E-state index contributed by atoms with van der Waals surface area (Å²) in [4.78, 5) is 12.7. The molecule has 0 unspecified atom stereocenters. The van der Waals surface area contributed by atoms with Crippen LogP contribution in [0.4, 0.5) is 5.69 Å². The summed E-state index contributed by atoms with van der Waals surface area (Å²) in [6, 6.07) is 14.0. The highest BCUT2D eigenvalue weighted by atomic mass is 32.2. The highest BCUT2D eigenvalue weighted by Crippen LogP contribution is 2.24. The SMILES string of the molecule is CC(C)(C)c1ccc(C(=O)c2ccccc2NS(C)(=O)=O)cc1. The summed E-state index contributed by atoms with van der Waals surface area (Å²) in [6.07, 6.45) is 1.06. The van der Waals surface area contributed by atoms with Crippen LogP contribution in [-0.4, -0.2) is 20.5 Å². The molecule has 0 spiro atoms. The summed E-state index contributed by atoms with van der Waals surface area (Å²) in [6.45, 7) is 6.32. The number of anilines is 1. The molecule has 0 aliphatic rings. The van der Waals surface area contributed by atoms with E-state index in [-0.39, 0.29) is 11.2 Å². The molecule has 0 aliphatic heterocycles. The van der Waals surface area contributed by atoms with Gasteiger partial charge in [-0.1, -0.05) is 57.2 Å². The van der Waals surface area contributed by atoms with E-state index in [1.165, 1.54) is 0 Å². The lowest BCUT2D eigenvalue weighted by molar-refractivity contribution is 0.103. The zero-order chi connectivity index (χ0) is 17.3. The van der Waals surface area contributed by atoms with E-state index in [2.05, 4.69) is 25.5 Å². The van der Waals surface area contributed by atoms with Crippen LogP contribution in [0.15, 0.2) is 48.5 Å². The Bertz CT molecular complexity index is 816. The second-order valence-electron chi connectivity index (χ2n) is 6.58. The molecular formula is C18H21NO3S. The largest absolute Gasteiger partial charge is 0.289 e. The molecular weight excluding hydrogens is 310 g/mol. The fourth-order valence-corrected chi connectivity index (χ4v) is 2.82. The maximum atomic E-state index is 12.7. The van der Waals surface area contributed by atoms with Crippen LogP contribution in [0.2, 0.25) is 0 Å². The molecule has 0 heterocycles. The lowest BCUT2D eigenvalue weighted by Crippen LogP contribution is -2.14. The minimum atomic E-state index is -3.44. The third-order valence-electron chi connectivity index (χ3n) is 3.48. The van der Waals surface area contributed by atoms with Crippen molar-refractivity contribution in [2.24, 2.45) is 0 Å². The van der Waals surface area contributed by atoms with Gasteiger partial charge in [0.25, 0.3) is 0 Å². The molecule has 0 aromatic heterocycles. The maximum absolute atomic E-state index is 12.7. The van der Waals surface area contributed by atoms with Gasteiger partial charge in [0, 0.05) is 11.1 Å². The van der Waals surface area contributed by atoms with Gasteiger partial charge >= 0.3 is 0 Å². The van der Waals surface area contributed by atoms with Crippen LogP contribution in [0.1, 0.15) is 42.3 Å². The predicted octanol–water partition coefficient (Wildman–Crippen LogP) is 3.59. The Morgan fingerprint density at radius 1 is 0.957 bits per heavy atom. The third-order valence-corrected chi connectivity index (χ3v) is 4.07. The van der Waals surface area contributed by atoms with Crippen molar-refractivity contribution in [3.05, 3.63) is 65.2 Å². The van der Waals surface area contributed by atoms with Crippen LogP contribution in [0, 0.1) is 0 Å². The summed E-state index contributed by atoms with van der Waals surface area (Å²) in [5.41, 5.74) is 2.30. The van der Waals surface area contributed by atoms with Crippen LogP contribution in [0.5, 0.6) is 0 Å². The molecule has 23 heavy (non-hydrogen) atoms. The molecule has 1 N–H and O–H groups in total. The van der Waals surface area contributed by atoms with Crippen molar-refractivity contribution in [2.45, 2.75) is 26.2 Å². The van der Waals surface area contributed by atoms with E-state index in [0.29, 0.717) is 16.8 Å². The van der Waals surface area contributed by atoms with Crippen LogP contribution < -0.4 is 4.72 Å². The van der Waals surface area contributed by atoms with Crippen LogP contribution in [0.3, 0.4) is 0 Å². The van der Waals surface area contributed by atoms with Gasteiger partial charge in [0.05, 0.1) is 11.9 Å². The third kappa shape index (κ3) is 4.42. The lowest BCUT2D eigenvalue weighted by atomic mass is 9.86. The van der Waals surface area contributed by atoms with Gasteiger partial charge < -0.3 is 0 Å². The lowest BCUT2D eigenvalue weighted by Gasteiger charge is -2.19. The molecule has 5 heteroatoms. The molecule has 4 nitrogen and oxygen atoms in total. The van der Waals surface area contributed by atoms with Gasteiger partial charge in [-0.25, -0.2) is 8.42 Å². The number of sulfonamides is 1. The molecule has 0 atom stereocenters. The second-order valence-corrected chi connectivity index (χ2v) is 8.32. The highest BCUT2D eigenvalue weighted by molar-refractivity contribution is 7.92. The van der Waals surface area contributed by atoms with Gasteiger partial charge in [-0.15, -0.1) is 0 Å². The fraction of sp³-hybridized carbons (Fsp3) is 0.278. The summed E-state index contributed by atoms with van der Waals surface area (Å²) in [5.74, 6) is -0.211. The molecule has 122 valence electrons. The Morgan fingerprint density at radius 3 is 2.04 bits per heavy atom. The van der Waals surface area contributed by atoms with Gasteiger partial charge in [0.2, 0.25) is 10.0 Å². The molecule has 0 bridgehead atoms. The van der Waals surface area contributed by atoms with Gasteiger partial charge in [-0.3, -0.25) is 9.52 Å². The number of ketones is 1. The van der Waals surface area contributed by atoms with E-state index < -0.39 is 10.0 Å². The van der Waals surface area contributed by atoms with E-state index in [4.69, 9.17) is 0 Å². The van der Waals surface area contributed by atoms with E-state index in [1.807, 2.05) is 12.1 Å². The van der Waals surface area contributed by atoms with Crippen LogP contribution in [0.25, 0.3) is 0 Å². The molecule has 0 saturated heterocycles. The molecule has 2 rings (SSSR count). The molecule has 0 radical (unpaired) electrons. The molecule has 2 aromatic rings. The molecule has 0 amide bonds. The van der Waals surface area contributed by atoms with Crippen molar-refractivity contribution in [1.82, 2.24) is 0 Å². The molecule has 0 aliphatic carbocycles. The summed E-state index contributed by atoms with van der Waals surface area (Å²) in [7, 11) is -3.44. The van der Waals surface area contributed by atoms with E-state index in [9.17, 15) is 13.2 Å². The van der Waals surface area contributed by atoms with Crippen molar-refractivity contribution >= 4 is 21.5 Å². The average molecular weight is 331 g/mol. The smallest absolute Gasteiger partial charge is 0.229 e. The first-order valence-corrected chi connectivity index (χ1v) is 9.19. The Hall–Kier alpha value is -2.14. The van der Waals surface area contributed by atoms with Gasteiger partial charge in [0.15, 0.2) is 5.78 Å². The van der Waals surface area contributed by atoms with Crippen LogP contribution >= 0.6 is 0 Å². The predicted molar refractivity (Wildman–Crippen MR) is 93.5 cm³/mol. The maximum Gasteiger partial charge on any atom is 0.229 e. The number of para-hydroxylation sites is 1. The Morgan fingerprint density at radius 2 is 1.52 bits per heavy atom. The zero-order valence-electron chi connectivity index (χ0n) is 13.8. The number of nitrogens with one attached hydrogen (secondary N) is 1. The van der Waals surface area contributed by atoms with Crippen molar-refractivity contribution in [2.75, 3.05) is 11.0 Å². The summed E-state index contributed by atoms with van der Waals surface area (Å²) in [5, 5.41) is 0. The van der Waals surface area contributed by atoms with Gasteiger partial charge in [-0.05, 0) is 23.1 Å². The fourth-order valence-electron chi connectivity index (χ4n) is 2.25. The van der Waals surface area contributed by atoms with E-state index in [1.54, 1.807) is 36.4 Å².